The lowest BCUT2D eigenvalue weighted by atomic mass is 9.79. The number of nitrogens with zero attached hydrogens (tertiary/aromatic N) is 4. The van der Waals surface area contributed by atoms with Crippen molar-refractivity contribution in [2.45, 2.75) is 106 Å². The summed E-state index contributed by atoms with van der Waals surface area (Å²) in [5, 5.41) is 2.35. The molecule has 5 aromatic carbocycles. The van der Waals surface area contributed by atoms with Gasteiger partial charge in [-0.1, -0.05) is 68.8 Å². The first-order chi connectivity index (χ1) is 27.0. The van der Waals surface area contributed by atoms with Gasteiger partial charge in [0.2, 0.25) is 0 Å². The first-order valence-corrected chi connectivity index (χ1v) is 20.4. The first kappa shape index (κ1) is 36.9. The van der Waals surface area contributed by atoms with Crippen molar-refractivity contribution < 1.29 is 4.74 Å². The molecule has 0 saturated carbocycles. The number of amidine groups is 1. The van der Waals surface area contributed by atoms with E-state index in [1.165, 1.54) is 55.6 Å². The van der Waals surface area contributed by atoms with Gasteiger partial charge in [-0.2, -0.15) is 0 Å². The summed E-state index contributed by atoms with van der Waals surface area (Å²) in [6.07, 6.45) is 2.78. The van der Waals surface area contributed by atoms with E-state index >= 15 is 0 Å². The fraction of sp³-hybridized carbons (Fsp3) is 0.308. The number of ether oxygens (including phenoxy) is 1. The summed E-state index contributed by atoms with van der Waals surface area (Å²) in [4.78, 5) is 13.3. The van der Waals surface area contributed by atoms with Crippen LogP contribution in [0.5, 0.6) is 11.5 Å². The molecular weight excluding hydrogens is 697 g/mol. The van der Waals surface area contributed by atoms with E-state index in [2.05, 4.69) is 177 Å². The number of aryl methyl sites for hydroxylation is 7. The second-order valence-corrected chi connectivity index (χ2v) is 18.4. The fourth-order valence-corrected chi connectivity index (χ4v) is 10.0. The van der Waals surface area contributed by atoms with E-state index in [0.29, 0.717) is 0 Å². The molecule has 3 heterocycles. The van der Waals surface area contributed by atoms with Crippen LogP contribution in [0.1, 0.15) is 95.8 Å². The molecule has 0 fully saturated rings. The maximum absolute atomic E-state index is 6.98. The molecule has 9 rings (SSSR count). The lowest BCUT2D eigenvalue weighted by molar-refractivity contribution is 0.321. The predicted molar refractivity (Wildman–Crippen MR) is 238 cm³/mol. The van der Waals surface area contributed by atoms with Crippen molar-refractivity contribution in [1.82, 2.24) is 9.55 Å². The van der Waals surface area contributed by atoms with Crippen LogP contribution in [0.4, 0.5) is 5.69 Å². The van der Waals surface area contributed by atoms with Gasteiger partial charge in [-0.3, -0.25) is 9.56 Å². The minimum absolute atomic E-state index is 0.0382. The molecule has 0 bridgehead atoms. The van der Waals surface area contributed by atoms with Gasteiger partial charge < -0.3 is 9.64 Å². The number of fused-ring (bicyclic) bond motifs is 6. The van der Waals surface area contributed by atoms with Gasteiger partial charge in [0.25, 0.3) is 0 Å². The van der Waals surface area contributed by atoms with Crippen LogP contribution in [0, 0.1) is 48.5 Å². The molecule has 7 aromatic rings. The number of hydrogen-bond acceptors (Lipinski definition) is 4. The summed E-state index contributed by atoms with van der Waals surface area (Å²) in [6, 6.07) is 33.5. The third kappa shape index (κ3) is 5.56. The quantitative estimate of drug-likeness (QED) is 0.176. The molecule has 5 heteroatoms. The normalized spacial score (nSPS) is 19.0. The lowest BCUT2D eigenvalue weighted by Crippen LogP contribution is -2.52. The summed E-state index contributed by atoms with van der Waals surface area (Å²) >= 11 is 0. The summed E-state index contributed by atoms with van der Waals surface area (Å²) in [7, 11) is 0. The van der Waals surface area contributed by atoms with Crippen LogP contribution in [0.3, 0.4) is 0 Å². The first-order valence-electron chi connectivity index (χ1n) is 20.4. The highest BCUT2D eigenvalue weighted by molar-refractivity contribution is 6.15. The van der Waals surface area contributed by atoms with E-state index in [1.807, 2.05) is 12.3 Å². The topological polar surface area (TPSA) is 42.6 Å². The molecule has 0 saturated heterocycles. The zero-order valence-corrected chi connectivity index (χ0v) is 35.6. The summed E-state index contributed by atoms with van der Waals surface area (Å²) < 4.78 is 9.26. The molecule has 0 spiro atoms. The van der Waals surface area contributed by atoms with Crippen molar-refractivity contribution in [3.63, 3.8) is 0 Å². The molecule has 2 aliphatic rings. The molecule has 1 aliphatic carbocycles. The zero-order chi connectivity index (χ0) is 40.3. The molecule has 288 valence electrons. The third-order valence-electron chi connectivity index (χ3n) is 13.1. The van der Waals surface area contributed by atoms with Gasteiger partial charge in [-0.05, 0) is 160 Å². The number of aromatic nitrogens is 2. The number of benzene rings is 5. The number of rotatable bonds is 5. The van der Waals surface area contributed by atoms with E-state index in [9.17, 15) is 0 Å². The zero-order valence-electron chi connectivity index (χ0n) is 35.6. The SMILES string of the molecule is Cc1cc(Oc2cc(C3=N[C@]4(C)Cc5c(C)cccc5[C@]4(C)N3c3c(C)cc(C)cc3C)c(C)cc2C)cc(-n2c3ccc(C(C)(C)C)cc3c3cccnc32)c1. The number of hydrogen-bond donors (Lipinski definition) is 0. The van der Waals surface area contributed by atoms with Crippen LogP contribution < -0.4 is 9.64 Å². The minimum atomic E-state index is -0.387. The molecular formula is C52H54N4O. The third-order valence-corrected chi connectivity index (χ3v) is 13.1. The Morgan fingerprint density at radius 1 is 0.684 bits per heavy atom. The van der Waals surface area contributed by atoms with Gasteiger partial charge in [0, 0.05) is 40.7 Å². The number of pyridine rings is 1. The lowest BCUT2D eigenvalue weighted by Gasteiger charge is -2.43. The van der Waals surface area contributed by atoms with Crippen LogP contribution in [-0.4, -0.2) is 20.9 Å². The van der Waals surface area contributed by atoms with Crippen LogP contribution in [0.2, 0.25) is 0 Å². The standard InChI is InChI=1S/C52H54N4O/c1-30-21-35(6)47(36(7)22-30)56-49(54-51(11)29-43-32(3)15-13-17-44(43)52(51,56)12)41-28-46(34(5)25-33(41)4)57-39-24-31(2)23-38(27-39)55-45-19-18-37(50(8,9)10)26-42(45)40-16-14-20-53-48(40)55/h13-28H,29H2,1-12H3/t51-,52+/m1/s1. The average molecular weight is 751 g/mol. The van der Waals surface area contributed by atoms with Crippen LogP contribution in [0.25, 0.3) is 27.6 Å². The summed E-state index contributed by atoms with van der Waals surface area (Å²) in [6.45, 7) is 27.0. The predicted octanol–water partition coefficient (Wildman–Crippen LogP) is 12.9. The van der Waals surface area contributed by atoms with Crippen molar-refractivity contribution >= 4 is 33.5 Å². The van der Waals surface area contributed by atoms with Crippen LogP contribution in [0.15, 0.2) is 102 Å². The Morgan fingerprint density at radius 3 is 2.16 bits per heavy atom. The molecule has 1 aliphatic heterocycles. The molecule has 2 aromatic heterocycles. The monoisotopic (exact) mass is 750 g/mol. The number of aliphatic imine (C=N–C) groups is 1. The Labute approximate surface area is 338 Å². The Balaban J connectivity index is 1.18. The summed E-state index contributed by atoms with van der Waals surface area (Å²) in [5.74, 6) is 2.61. The molecule has 57 heavy (non-hydrogen) atoms. The van der Waals surface area contributed by atoms with Gasteiger partial charge in [0.1, 0.15) is 23.0 Å². The van der Waals surface area contributed by atoms with Gasteiger partial charge in [-0.25, -0.2) is 4.98 Å². The van der Waals surface area contributed by atoms with Crippen molar-refractivity contribution in [2.24, 2.45) is 4.99 Å². The van der Waals surface area contributed by atoms with E-state index in [-0.39, 0.29) is 16.5 Å². The minimum Gasteiger partial charge on any atom is -0.457 e. The maximum atomic E-state index is 6.98. The van der Waals surface area contributed by atoms with Gasteiger partial charge in [0.05, 0.1) is 22.3 Å². The largest absolute Gasteiger partial charge is 0.457 e. The maximum Gasteiger partial charge on any atom is 0.145 e. The Morgan fingerprint density at radius 2 is 1.42 bits per heavy atom. The molecule has 2 atom stereocenters. The molecule has 0 unspecified atom stereocenters. The average Bonchev–Trinajstić information content (AvgIpc) is 3.67. The van der Waals surface area contributed by atoms with Crippen molar-refractivity contribution in [3.05, 3.63) is 158 Å². The van der Waals surface area contributed by atoms with E-state index in [4.69, 9.17) is 14.7 Å². The highest BCUT2D eigenvalue weighted by atomic mass is 16.5. The summed E-state index contributed by atoms with van der Waals surface area (Å²) in [5.41, 5.74) is 17.3. The molecule has 5 nitrogen and oxygen atoms in total. The fourth-order valence-electron chi connectivity index (χ4n) is 10.0. The van der Waals surface area contributed by atoms with Crippen molar-refractivity contribution in [3.8, 4) is 17.2 Å². The molecule has 0 N–H and O–H groups in total. The highest BCUT2D eigenvalue weighted by Gasteiger charge is 2.61. The van der Waals surface area contributed by atoms with E-state index in [1.54, 1.807) is 0 Å². The Hall–Kier alpha value is -5.68. The Bertz CT molecular complexity index is 2830. The van der Waals surface area contributed by atoms with E-state index in [0.717, 1.165) is 62.7 Å². The van der Waals surface area contributed by atoms with Gasteiger partial charge in [-0.15, -0.1) is 0 Å². The van der Waals surface area contributed by atoms with Crippen molar-refractivity contribution in [1.29, 1.82) is 0 Å². The number of anilines is 1. The smallest absolute Gasteiger partial charge is 0.145 e. The van der Waals surface area contributed by atoms with Crippen LogP contribution >= 0.6 is 0 Å². The van der Waals surface area contributed by atoms with Crippen LogP contribution in [-0.2, 0) is 17.4 Å². The second-order valence-electron chi connectivity index (χ2n) is 18.4. The van der Waals surface area contributed by atoms with Crippen molar-refractivity contribution in [2.75, 3.05) is 4.90 Å². The highest BCUT2D eigenvalue weighted by Crippen LogP contribution is 2.57. The Kier molecular flexibility index (Phi) is 8.20. The molecule has 0 radical (unpaired) electrons. The molecule has 0 amide bonds. The second kappa shape index (κ2) is 12.7. The van der Waals surface area contributed by atoms with E-state index < -0.39 is 0 Å². The van der Waals surface area contributed by atoms with Gasteiger partial charge >= 0.3 is 0 Å². The van der Waals surface area contributed by atoms with Gasteiger partial charge in [0.15, 0.2) is 0 Å².